The van der Waals surface area contributed by atoms with Gasteiger partial charge in [0.1, 0.15) is 5.75 Å². The third kappa shape index (κ3) is 2.49. The van der Waals surface area contributed by atoms with E-state index in [9.17, 15) is 5.11 Å². The molecule has 0 bridgehead atoms. The lowest BCUT2D eigenvalue weighted by molar-refractivity contribution is 0.476. The van der Waals surface area contributed by atoms with E-state index in [2.05, 4.69) is 25.6 Å². The van der Waals surface area contributed by atoms with E-state index in [4.69, 9.17) is 11.6 Å². The Hall–Kier alpha value is -2.99. The number of H-pyrrole nitrogens is 1. The first-order chi connectivity index (χ1) is 11.2. The topological polar surface area (TPSA) is 87.6 Å². The number of rotatable bonds is 2. The van der Waals surface area contributed by atoms with Crippen LogP contribution in [0.4, 0.5) is 0 Å². The Balaban J connectivity index is 1.78. The molecule has 0 saturated carbocycles. The molecule has 0 radical (unpaired) electrons. The summed E-state index contributed by atoms with van der Waals surface area (Å²) in [6, 6.07) is 14.4. The van der Waals surface area contributed by atoms with Gasteiger partial charge in [-0.2, -0.15) is 5.21 Å². The van der Waals surface area contributed by atoms with Gasteiger partial charge in [0.2, 0.25) is 5.82 Å². The molecular formula is C16H10ClN5O. The second-order valence-corrected chi connectivity index (χ2v) is 5.41. The molecule has 0 unspecified atom stereocenters. The van der Waals surface area contributed by atoms with Crippen molar-refractivity contribution >= 4 is 22.5 Å². The normalized spacial score (nSPS) is 11.0. The van der Waals surface area contributed by atoms with Gasteiger partial charge >= 0.3 is 0 Å². The van der Waals surface area contributed by atoms with Crippen LogP contribution in [0.2, 0.25) is 5.02 Å². The summed E-state index contributed by atoms with van der Waals surface area (Å²) in [5, 5.41) is 24.7. The second-order valence-electron chi connectivity index (χ2n) is 5.00. The number of halogens is 1. The van der Waals surface area contributed by atoms with E-state index >= 15 is 0 Å². The molecular weight excluding hydrogens is 314 g/mol. The van der Waals surface area contributed by atoms with Crippen LogP contribution in [0, 0.1) is 0 Å². The molecule has 0 atom stereocenters. The maximum absolute atomic E-state index is 9.56. The third-order valence-electron chi connectivity index (χ3n) is 3.53. The fourth-order valence-electron chi connectivity index (χ4n) is 2.39. The van der Waals surface area contributed by atoms with Crippen LogP contribution in [-0.4, -0.2) is 30.7 Å². The SMILES string of the molecule is Oc1ccc2nc(-c3ccc(-c4nn[nH]n4)cc3)cc(Cl)c2c1. The maximum Gasteiger partial charge on any atom is 0.204 e. The van der Waals surface area contributed by atoms with E-state index in [-0.39, 0.29) is 5.75 Å². The molecule has 0 fully saturated rings. The standard InChI is InChI=1S/C16H10ClN5O/c17-13-8-15(18-14-6-5-11(23)7-12(13)14)9-1-3-10(4-2-9)16-19-21-22-20-16/h1-8,23H,(H,19,20,21,22). The van der Waals surface area contributed by atoms with Gasteiger partial charge in [-0.1, -0.05) is 35.9 Å². The summed E-state index contributed by atoms with van der Waals surface area (Å²) in [6.07, 6.45) is 0. The van der Waals surface area contributed by atoms with Crippen LogP contribution >= 0.6 is 11.6 Å². The van der Waals surface area contributed by atoms with Gasteiger partial charge in [0.15, 0.2) is 0 Å². The van der Waals surface area contributed by atoms with Crippen LogP contribution in [0.1, 0.15) is 0 Å². The Morgan fingerprint density at radius 1 is 0.957 bits per heavy atom. The molecule has 112 valence electrons. The van der Waals surface area contributed by atoms with Gasteiger partial charge < -0.3 is 5.11 Å². The number of tetrazole rings is 1. The summed E-state index contributed by atoms with van der Waals surface area (Å²) < 4.78 is 0. The van der Waals surface area contributed by atoms with E-state index in [0.717, 1.165) is 27.7 Å². The fourth-order valence-corrected chi connectivity index (χ4v) is 2.65. The number of fused-ring (bicyclic) bond motifs is 1. The number of pyridine rings is 1. The molecule has 0 saturated heterocycles. The van der Waals surface area contributed by atoms with Crippen molar-refractivity contribution in [2.75, 3.05) is 0 Å². The van der Waals surface area contributed by atoms with Gasteiger partial charge in [-0.25, -0.2) is 4.98 Å². The van der Waals surface area contributed by atoms with E-state index in [1.807, 2.05) is 24.3 Å². The minimum atomic E-state index is 0.165. The first kappa shape index (κ1) is 13.7. The van der Waals surface area contributed by atoms with Crippen LogP contribution in [-0.2, 0) is 0 Å². The molecule has 7 heteroatoms. The average Bonchev–Trinajstić information content (AvgIpc) is 3.10. The average molecular weight is 324 g/mol. The number of nitrogens with zero attached hydrogens (tertiary/aromatic N) is 4. The first-order valence-electron chi connectivity index (χ1n) is 6.84. The summed E-state index contributed by atoms with van der Waals surface area (Å²) in [4.78, 5) is 4.59. The van der Waals surface area contributed by atoms with Crippen LogP contribution < -0.4 is 0 Å². The monoisotopic (exact) mass is 323 g/mol. The predicted molar refractivity (Wildman–Crippen MR) is 87.0 cm³/mol. The molecule has 4 rings (SSSR count). The minimum absolute atomic E-state index is 0.165. The minimum Gasteiger partial charge on any atom is -0.508 e. The zero-order valence-electron chi connectivity index (χ0n) is 11.7. The summed E-state index contributed by atoms with van der Waals surface area (Å²) in [7, 11) is 0. The molecule has 23 heavy (non-hydrogen) atoms. The van der Waals surface area contributed by atoms with Gasteiger partial charge in [-0.05, 0) is 29.5 Å². The molecule has 4 aromatic rings. The van der Waals surface area contributed by atoms with Crippen molar-refractivity contribution in [3.8, 4) is 28.4 Å². The van der Waals surface area contributed by atoms with Gasteiger partial charge in [0, 0.05) is 16.5 Å². The van der Waals surface area contributed by atoms with E-state index < -0.39 is 0 Å². The highest BCUT2D eigenvalue weighted by Gasteiger charge is 2.08. The molecule has 0 aliphatic heterocycles. The van der Waals surface area contributed by atoms with Crippen LogP contribution in [0.15, 0.2) is 48.5 Å². The lowest BCUT2D eigenvalue weighted by Gasteiger charge is -2.06. The Morgan fingerprint density at radius 3 is 2.48 bits per heavy atom. The predicted octanol–water partition coefficient (Wildman–Crippen LogP) is 3.44. The number of hydrogen-bond donors (Lipinski definition) is 2. The van der Waals surface area contributed by atoms with Gasteiger partial charge in [-0.3, -0.25) is 0 Å². The van der Waals surface area contributed by atoms with Gasteiger partial charge in [0.25, 0.3) is 0 Å². The zero-order valence-corrected chi connectivity index (χ0v) is 12.5. The smallest absolute Gasteiger partial charge is 0.204 e. The molecule has 6 nitrogen and oxygen atoms in total. The van der Waals surface area contributed by atoms with E-state index in [1.54, 1.807) is 24.3 Å². The number of nitrogens with one attached hydrogen (secondary N) is 1. The number of aromatic hydroxyl groups is 1. The Bertz CT molecular complexity index is 983. The van der Waals surface area contributed by atoms with Crippen molar-refractivity contribution < 1.29 is 5.11 Å². The van der Waals surface area contributed by atoms with Crippen LogP contribution in [0.25, 0.3) is 33.5 Å². The summed E-state index contributed by atoms with van der Waals surface area (Å²) in [5.41, 5.74) is 3.27. The van der Waals surface area contributed by atoms with Crippen LogP contribution in [0.3, 0.4) is 0 Å². The molecule has 0 aliphatic carbocycles. The number of aromatic nitrogens is 5. The Labute approximate surface area is 135 Å². The molecule has 2 aromatic heterocycles. The highest BCUT2D eigenvalue weighted by atomic mass is 35.5. The Kier molecular flexibility index (Phi) is 3.17. The molecule has 2 N–H and O–H groups in total. The second kappa shape index (κ2) is 5.33. The highest BCUT2D eigenvalue weighted by Crippen LogP contribution is 2.30. The van der Waals surface area contributed by atoms with Crippen molar-refractivity contribution in [3.63, 3.8) is 0 Å². The molecule has 0 spiro atoms. The van der Waals surface area contributed by atoms with Crippen molar-refractivity contribution in [1.82, 2.24) is 25.6 Å². The molecule has 2 aromatic carbocycles. The fraction of sp³-hybridized carbons (Fsp3) is 0. The van der Waals surface area contributed by atoms with Gasteiger partial charge in [-0.15, -0.1) is 10.2 Å². The van der Waals surface area contributed by atoms with Crippen molar-refractivity contribution in [1.29, 1.82) is 0 Å². The van der Waals surface area contributed by atoms with Gasteiger partial charge in [0.05, 0.1) is 16.2 Å². The maximum atomic E-state index is 9.56. The van der Waals surface area contributed by atoms with E-state index in [0.29, 0.717) is 10.8 Å². The number of hydrogen-bond acceptors (Lipinski definition) is 5. The molecule has 0 aliphatic rings. The zero-order chi connectivity index (χ0) is 15.8. The quantitative estimate of drug-likeness (QED) is 0.590. The first-order valence-corrected chi connectivity index (χ1v) is 7.22. The molecule has 2 heterocycles. The summed E-state index contributed by atoms with van der Waals surface area (Å²) >= 11 is 6.31. The largest absolute Gasteiger partial charge is 0.508 e. The van der Waals surface area contributed by atoms with Crippen molar-refractivity contribution in [3.05, 3.63) is 53.6 Å². The number of aromatic amines is 1. The van der Waals surface area contributed by atoms with Crippen LogP contribution in [0.5, 0.6) is 5.75 Å². The number of phenolic OH excluding ortho intramolecular Hbond substituents is 1. The van der Waals surface area contributed by atoms with Crippen molar-refractivity contribution in [2.24, 2.45) is 0 Å². The van der Waals surface area contributed by atoms with Crippen molar-refractivity contribution in [2.45, 2.75) is 0 Å². The summed E-state index contributed by atoms with van der Waals surface area (Å²) in [6.45, 7) is 0. The highest BCUT2D eigenvalue weighted by molar-refractivity contribution is 6.35. The lowest BCUT2D eigenvalue weighted by atomic mass is 10.1. The number of phenols is 1. The molecule has 0 amide bonds. The summed E-state index contributed by atoms with van der Waals surface area (Å²) in [5.74, 6) is 0.704. The Morgan fingerprint density at radius 2 is 1.74 bits per heavy atom. The number of benzene rings is 2. The third-order valence-corrected chi connectivity index (χ3v) is 3.84. The van der Waals surface area contributed by atoms with E-state index in [1.165, 1.54) is 0 Å². The lowest BCUT2D eigenvalue weighted by Crippen LogP contribution is -1.88.